The van der Waals surface area contributed by atoms with E-state index in [1.54, 1.807) is 27.7 Å². The number of carbonyl (C=O) groups excluding carboxylic acids is 1. The zero-order valence-electron chi connectivity index (χ0n) is 16.1. The summed E-state index contributed by atoms with van der Waals surface area (Å²) in [5.41, 5.74) is 2.24. The van der Waals surface area contributed by atoms with E-state index in [4.69, 9.17) is 11.6 Å². The molecule has 0 saturated heterocycles. The van der Waals surface area contributed by atoms with Crippen LogP contribution in [-0.4, -0.2) is 35.4 Å². The van der Waals surface area contributed by atoms with Crippen LogP contribution in [-0.2, 0) is 4.79 Å². The average Bonchev–Trinajstić information content (AvgIpc) is 3.30. The van der Waals surface area contributed by atoms with E-state index in [-0.39, 0.29) is 5.91 Å². The van der Waals surface area contributed by atoms with Crippen molar-refractivity contribution in [3.63, 3.8) is 0 Å². The number of benzene rings is 1. The largest absolute Gasteiger partial charge is 0.311 e. The molecule has 0 atom stereocenters. The van der Waals surface area contributed by atoms with Gasteiger partial charge in [-0.25, -0.2) is 14.6 Å². The molecule has 1 amide bonds. The van der Waals surface area contributed by atoms with Crippen molar-refractivity contribution < 1.29 is 4.79 Å². The number of carbonyl (C=O) groups is 1. The van der Waals surface area contributed by atoms with Crippen LogP contribution in [0.5, 0.6) is 0 Å². The standard InChI is InChI=1S/C20H20ClN7O/c1-3-4-5-18(29)25-17-10-13(2)26-28(17)20-16-11-24-27(19(16)22-12-23-20)15-8-6-14(21)7-9-15/h6-12H,3-5H2,1-2H3,(H,25,29). The fourth-order valence-corrected chi connectivity index (χ4v) is 3.19. The molecule has 4 aromatic rings. The third-order valence-electron chi connectivity index (χ3n) is 4.47. The first-order valence-corrected chi connectivity index (χ1v) is 9.76. The molecule has 1 N–H and O–H groups in total. The first kappa shape index (κ1) is 19.1. The summed E-state index contributed by atoms with van der Waals surface area (Å²) in [7, 11) is 0. The van der Waals surface area contributed by atoms with E-state index >= 15 is 0 Å². The van der Waals surface area contributed by atoms with Crippen molar-refractivity contribution in [1.29, 1.82) is 0 Å². The van der Waals surface area contributed by atoms with E-state index < -0.39 is 0 Å². The molecule has 1 aromatic carbocycles. The van der Waals surface area contributed by atoms with Crippen LogP contribution >= 0.6 is 11.6 Å². The molecule has 0 radical (unpaired) electrons. The molecule has 3 aromatic heterocycles. The van der Waals surface area contributed by atoms with Crippen molar-refractivity contribution in [3.05, 3.63) is 53.6 Å². The number of nitrogens with zero attached hydrogens (tertiary/aromatic N) is 6. The number of rotatable bonds is 6. The van der Waals surface area contributed by atoms with Gasteiger partial charge in [-0.2, -0.15) is 14.9 Å². The smallest absolute Gasteiger partial charge is 0.225 e. The normalized spacial score (nSPS) is 11.1. The summed E-state index contributed by atoms with van der Waals surface area (Å²) in [6.07, 6.45) is 5.42. The molecule has 0 aliphatic rings. The Balaban J connectivity index is 1.76. The Bertz CT molecular complexity index is 1160. The molecule has 4 rings (SSSR count). The van der Waals surface area contributed by atoms with Crippen LogP contribution in [0.4, 0.5) is 5.82 Å². The minimum Gasteiger partial charge on any atom is -0.311 e. The summed E-state index contributed by atoms with van der Waals surface area (Å²) < 4.78 is 3.34. The minimum absolute atomic E-state index is 0.0461. The Morgan fingerprint density at radius 1 is 1.17 bits per heavy atom. The third-order valence-corrected chi connectivity index (χ3v) is 4.72. The lowest BCUT2D eigenvalue weighted by molar-refractivity contribution is -0.116. The van der Waals surface area contributed by atoms with E-state index in [1.807, 2.05) is 25.1 Å². The van der Waals surface area contributed by atoms with Crippen molar-refractivity contribution in [3.8, 4) is 11.5 Å². The minimum atomic E-state index is -0.0461. The fourth-order valence-electron chi connectivity index (χ4n) is 3.06. The van der Waals surface area contributed by atoms with Gasteiger partial charge in [-0.15, -0.1) is 0 Å². The molecule has 0 aliphatic carbocycles. The van der Waals surface area contributed by atoms with Gasteiger partial charge < -0.3 is 5.32 Å². The van der Waals surface area contributed by atoms with Crippen LogP contribution < -0.4 is 5.32 Å². The van der Waals surface area contributed by atoms with E-state index in [1.165, 1.54) is 6.33 Å². The molecule has 0 bridgehead atoms. The van der Waals surface area contributed by atoms with Crippen LogP contribution in [0, 0.1) is 6.92 Å². The van der Waals surface area contributed by atoms with E-state index in [0.717, 1.165) is 29.6 Å². The van der Waals surface area contributed by atoms with Crippen LogP contribution in [0.25, 0.3) is 22.5 Å². The van der Waals surface area contributed by atoms with Gasteiger partial charge in [-0.1, -0.05) is 24.9 Å². The number of unbranched alkanes of at least 4 members (excludes halogenated alkanes) is 1. The number of anilines is 1. The summed E-state index contributed by atoms with van der Waals surface area (Å²) in [6.45, 7) is 3.92. The second kappa shape index (κ2) is 8.00. The summed E-state index contributed by atoms with van der Waals surface area (Å²) in [5.74, 6) is 1.08. The monoisotopic (exact) mass is 409 g/mol. The van der Waals surface area contributed by atoms with Crippen molar-refractivity contribution in [1.82, 2.24) is 29.5 Å². The number of amides is 1. The maximum atomic E-state index is 12.2. The van der Waals surface area contributed by atoms with Crippen molar-refractivity contribution in [2.24, 2.45) is 0 Å². The van der Waals surface area contributed by atoms with Crippen LogP contribution in [0.2, 0.25) is 5.02 Å². The number of hydrogen-bond acceptors (Lipinski definition) is 5. The molecule has 0 unspecified atom stereocenters. The molecule has 148 valence electrons. The molecule has 0 spiro atoms. The Morgan fingerprint density at radius 2 is 1.97 bits per heavy atom. The number of hydrogen-bond donors (Lipinski definition) is 1. The van der Waals surface area contributed by atoms with E-state index in [9.17, 15) is 4.79 Å². The highest BCUT2D eigenvalue weighted by Crippen LogP contribution is 2.24. The van der Waals surface area contributed by atoms with Gasteiger partial charge in [-0.3, -0.25) is 4.79 Å². The van der Waals surface area contributed by atoms with Gasteiger partial charge in [0.2, 0.25) is 5.91 Å². The fraction of sp³-hybridized carbons (Fsp3) is 0.250. The highest BCUT2D eigenvalue weighted by molar-refractivity contribution is 6.30. The molecule has 9 heteroatoms. The van der Waals surface area contributed by atoms with Crippen molar-refractivity contribution in [2.75, 3.05) is 5.32 Å². The first-order valence-electron chi connectivity index (χ1n) is 9.38. The van der Waals surface area contributed by atoms with Gasteiger partial charge >= 0.3 is 0 Å². The second-order valence-electron chi connectivity index (χ2n) is 6.70. The van der Waals surface area contributed by atoms with Gasteiger partial charge in [-0.05, 0) is 37.6 Å². The molecule has 29 heavy (non-hydrogen) atoms. The van der Waals surface area contributed by atoms with Gasteiger partial charge in [0, 0.05) is 17.5 Å². The first-order chi connectivity index (χ1) is 14.1. The summed E-state index contributed by atoms with van der Waals surface area (Å²) in [6, 6.07) is 9.16. The van der Waals surface area contributed by atoms with Crippen LogP contribution in [0.3, 0.4) is 0 Å². The molecular weight excluding hydrogens is 390 g/mol. The number of halogens is 1. The zero-order chi connectivity index (χ0) is 20.4. The average molecular weight is 410 g/mol. The summed E-state index contributed by atoms with van der Waals surface area (Å²) in [5, 5.41) is 13.3. The quantitative estimate of drug-likeness (QED) is 0.518. The van der Waals surface area contributed by atoms with E-state index in [0.29, 0.717) is 28.7 Å². The lowest BCUT2D eigenvalue weighted by Gasteiger charge is -2.09. The Labute approximate surface area is 172 Å². The molecule has 3 heterocycles. The maximum Gasteiger partial charge on any atom is 0.225 e. The van der Waals surface area contributed by atoms with Crippen molar-refractivity contribution >= 4 is 34.4 Å². The molecule has 8 nitrogen and oxygen atoms in total. The number of nitrogens with one attached hydrogen (secondary N) is 1. The third kappa shape index (κ3) is 3.84. The van der Waals surface area contributed by atoms with Gasteiger partial charge in [0.25, 0.3) is 0 Å². The summed E-state index contributed by atoms with van der Waals surface area (Å²) >= 11 is 5.99. The number of aryl methyl sites for hydroxylation is 1. The summed E-state index contributed by atoms with van der Waals surface area (Å²) in [4.78, 5) is 21.0. The lowest BCUT2D eigenvalue weighted by atomic mass is 10.2. The highest BCUT2D eigenvalue weighted by Gasteiger charge is 2.17. The molecular formula is C20H20ClN7O. The topological polar surface area (TPSA) is 90.5 Å². The van der Waals surface area contributed by atoms with Gasteiger partial charge in [0.05, 0.1) is 23.0 Å². The zero-order valence-corrected chi connectivity index (χ0v) is 16.9. The number of aromatic nitrogens is 6. The van der Waals surface area contributed by atoms with Gasteiger partial charge in [0.1, 0.15) is 12.1 Å². The second-order valence-corrected chi connectivity index (χ2v) is 7.14. The Hall–Kier alpha value is -3.26. The van der Waals surface area contributed by atoms with E-state index in [2.05, 4.69) is 32.4 Å². The highest BCUT2D eigenvalue weighted by atomic mass is 35.5. The molecule has 0 aliphatic heterocycles. The molecule has 0 saturated carbocycles. The molecule has 0 fully saturated rings. The predicted octanol–water partition coefficient (Wildman–Crippen LogP) is 4.09. The number of fused-ring (bicyclic) bond motifs is 1. The van der Waals surface area contributed by atoms with Crippen molar-refractivity contribution in [2.45, 2.75) is 33.1 Å². The lowest BCUT2D eigenvalue weighted by Crippen LogP contribution is -2.15. The Morgan fingerprint density at radius 3 is 2.72 bits per heavy atom. The SMILES string of the molecule is CCCCC(=O)Nc1cc(C)nn1-c1ncnc2c1cnn2-c1ccc(Cl)cc1. The predicted molar refractivity (Wildman–Crippen MR) is 112 cm³/mol. The van der Waals surface area contributed by atoms with Crippen LogP contribution in [0.1, 0.15) is 31.9 Å². The Kier molecular flexibility index (Phi) is 5.26. The van der Waals surface area contributed by atoms with Gasteiger partial charge in [0.15, 0.2) is 11.5 Å². The van der Waals surface area contributed by atoms with Crippen LogP contribution in [0.15, 0.2) is 42.9 Å². The maximum absolute atomic E-state index is 12.2.